The number of hydrogen-bond acceptors (Lipinski definition) is 4. The highest BCUT2D eigenvalue weighted by Gasteiger charge is 2.26. The third kappa shape index (κ3) is 4.75. The van der Waals surface area contributed by atoms with E-state index in [2.05, 4.69) is 18.9 Å². The maximum Gasteiger partial charge on any atom is 0.339 e. The number of aromatic nitrogens is 2. The van der Waals surface area contributed by atoms with Crippen LogP contribution < -0.4 is 0 Å². The summed E-state index contributed by atoms with van der Waals surface area (Å²) >= 11 is 1.72. The van der Waals surface area contributed by atoms with Crippen molar-refractivity contribution in [2.75, 3.05) is 24.6 Å². The van der Waals surface area contributed by atoms with Crippen molar-refractivity contribution in [1.29, 1.82) is 0 Å². The normalized spacial score (nSPS) is 15.9. The number of carboxylic acid groups (broad SMARTS) is 1. The number of piperidine rings is 1. The van der Waals surface area contributed by atoms with Crippen LogP contribution in [0.1, 0.15) is 55.2 Å². The second kappa shape index (κ2) is 8.55. The van der Waals surface area contributed by atoms with Gasteiger partial charge >= 0.3 is 5.97 Å². The van der Waals surface area contributed by atoms with Crippen LogP contribution in [0.25, 0.3) is 0 Å². The lowest BCUT2D eigenvalue weighted by atomic mass is 10.0. The Labute approximate surface area is 147 Å². The molecule has 2 rings (SSSR count). The predicted molar refractivity (Wildman–Crippen MR) is 95.6 cm³/mol. The van der Waals surface area contributed by atoms with Crippen LogP contribution in [0.4, 0.5) is 0 Å². The number of hydrogen-bond donors (Lipinski definition) is 1. The van der Waals surface area contributed by atoms with Gasteiger partial charge in [-0.25, -0.2) is 4.79 Å². The Morgan fingerprint density at radius 2 is 2.04 bits per heavy atom. The summed E-state index contributed by atoms with van der Waals surface area (Å²) in [6.45, 7) is 7.62. The van der Waals surface area contributed by atoms with E-state index >= 15 is 0 Å². The Morgan fingerprint density at radius 3 is 2.58 bits per heavy atom. The number of likely N-dealkylation sites (tertiary alicyclic amines) is 1. The molecule has 0 aromatic carbocycles. The number of nitrogens with zero attached hydrogens (tertiary/aromatic N) is 3. The van der Waals surface area contributed by atoms with Crippen molar-refractivity contribution in [1.82, 2.24) is 14.7 Å². The van der Waals surface area contributed by atoms with Crippen LogP contribution in [-0.2, 0) is 4.79 Å². The molecule has 24 heavy (non-hydrogen) atoms. The molecule has 0 saturated carbocycles. The lowest BCUT2D eigenvalue weighted by Crippen LogP contribution is -2.40. The van der Waals surface area contributed by atoms with Gasteiger partial charge in [-0.1, -0.05) is 13.8 Å². The molecule has 1 aromatic heterocycles. The third-order valence-electron chi connectivity index (χ3n) is 4.50. The first kappa shape index (κ1) is 18.8. The average molecular weight is 353 g/mol. The summed E-state index contributed by atoms with van der Waals surface area (Å²) in [7, 11) is 0. The highest BCUT2D eigenvalue weighted by molar-refractivity contribution is 7.99. The Morgan fingerprint density at radius 1 is 1.38 bits per heavy atom. The lowest BCUT2D eigenvalue weighted by molar-refractivity contribution is -0.129. The van der Waals surface area contributed by atoms with E-state index in [9.17, 15) is 9.59 Å². The molecular formula is C17H27N3O3S. The molecule has 0 bridgehead atoms. The summed E-state index contributed by atoms with van der Waals surface area (Å²) < 4.78 is 1.81. The number of carbonyl (C=O) groups is 2. The molecule has 0 radical (unpaired) electrons. The van der Waals surface area contributed by atoms with Crippen molar-refractivity contribution in [3.8, 4) is 0 Å². The fraction of sp³-hybridized carbons (Fsp3) is 0.706. The fourth-order valence-electron chi connectivity index (χ4n) is 2.93. The summed E-state index contributed by atoms with van der Waals surface area (Å²) in [5, 5.41) is 13.4. The smallest absolute Gasteiger partial charge is 0.339 e. The molecule has 0 unspecified atom stereocenters. The van der Waals surface area contributed by atoms with Crippen LogP contribution in [0.2, 0.25) is 0 Å². The van der Waals surface area contributed by atoms with Gasteiger partial charge in [0.25, 0.3) is 0 Å². The molecular weight excluding hydrogens is 326 g/mol. The number of carbonyl (C=O) groups excluding carboxylic acids is 1. The molecule has 1 N–H and O–H groups in total. The van der Waals surface area contributed by atoms with Gasteiger partial charge in [-0.05, 0) is 37.9 Å². The van der Waals surface area contributed by atoms with Gasteiger partial charge in [-0.2, -0.15) is 16.9 Å². The van der Waals surface area contributed by atoms with Gasteiger partial charge in [0.2, 0.25) is 5.91 Å². The molecule has 134 valence electrons. The van der Waals surface area contributed by atoms with E-state index in [0.29, 0.717) is 17.4 Å². The van der Waals surface area contributed by atoms with E-state index in [4.69, 9.17) is 5.11 Å². The molecule has 7 heteroatoms. The quantitative estimate of drug-likeness (QED) is 0.763. The van der Waals surface area contributed by atoms with E-state index < -0.39 is 5.97 Å². The number of thioether (sulfide) groups is 1. The molecule has 1 fully saturated rings. The van der Waals surface area contributed by atoms with Crippen molar-refractivity contribution in [3.05, 3.63) is 17.5 Å². The lowest BCUT2D eigenvalue weighted by Gasteiger charge is -2.32. The second-order valence-corrected chi connectivity index (χ2v) is 7.85. The highest BCUT2D eigenvalue weighted by Crippen LogP contribution is 2.25. The van der Waals surface area contributed by atoms with Gasteiger partial charge in [-0.3, -0.25) is 9.48 Å². The molecule has 1 aromatic rings. The first-order chi connectivity index (χ1) is 11.4. The summed E-state index contributed by atoms with van der Waals surface area (Å²) in [5.74, 6) is 1.54. The molecule has 0 spiro atoms. The average Bonchev–Trinajstić information content (AvgIpc) is 2.93. The zero-order valence-corrected chi connectivity index (χ0v) is 15.5. The maximum absolute atomic E-state index is 12.3. The summed E-state index contributed by atoms with van der Waals surface area (Å²) in [5.41, 5.74) is 0.951. The van der Waals surface area contributed by atoms with Gasteiger partial charge in [0.1, 0.15) is 5.56 Å². The van der Waals surface area contributed by atoms with Crippen LogP contribution in [-0.4, -0.2) is 56.3 Å². The van der Waals surface area contributed by atoms with Crippen LogP contribution in [0, 0.1) is 12.8 Å². The van der Waals surface area contributed by atoms with Gasteiger partial charge < -0.3 is 10.0 Å². The van der Waals surface area contributed by atoms with Crippen LogP contribution in [0.3, 0.4) is 0 Å². The zero-order chi connectivity index (χ0) is 17.7. The van der Waals surface area contributed by atoms with Gasteiger partial charge in [0, 0.05) is 13.1 Å². The van der Waals surface area contributed by atoms with Crippen molar-refractivity contribution in [2.24, 2.45) is 5.92 Å². The minimum Gasteiger partial charge on any atom is -0.478 e. The molecule has 1 aliphatic rings. The van der Waals surface area contributed by atoms with Crippen molar-refractivity contribution >= 4 is 23.6 Å². The first-order valence-corrected chi connectivity index (χ1v) is 9.68. The predicted octanol–water partition coefficient (Wildman–Crippen LogP) is 2.83. The largest absolute Gasteiger partial charge is 0.478 e. The highest BCUT2D eigenvalue weighted by atomic mass is 32.2. The Balaban J connectivity index is 1.81. The topological polar surface area (TPSA) is 75.4 Å². The summed E-state index contributed by atoms with van der Waals surface area (Å²) in [6.07, 6.45) is 4.21. The van der Waals surface area contributed by atoms with Gasteiger partial charge in [0.15, 0.2) is 0 Å². The molecule has 1 aliphatic heterocycles. The maximum atomic E-state index is 12.3. The SMILES string of the molecule is Cc1c(C(=O)O)cnn1C1CCN(C(=O)CSCCC(C)C)CC1. The van der Waals surface area contributed by atoms with Crippen molar-refractivity contribution in [3.63, 3.8) is 0 Å². The van der Waals surface area contributed by atoms with Crippen LogP contribution >= 0.6 is 11.8 Å². The van der Waals surface area contributed by atoms with E-state index in [-0.39, 0.29) is 17.5 Å². The summed E-state index contributed by atoms with van der Waals surface area (Å²) in [6, 6.07) is 0.177. The van der Waals surface area contributed by atoms with Gasteiger partial charge in [0.05, 0.1) is 23.7 Å². The number of rotatable bonds is 7. The second-order valence-electron chi connectivity index (χ2n) is 6.74. The van der Waals surface area contributed by atoms with Crippen LogP contribution in [0.5, 0.6) is 0 Å². The number of amides is 1. The van der Waals surface area contributed by atoms with E-state index in [0.717, 1.165) is 38.1 Å². The van der Waals surface area contributed by atoms with Gasteiger partial charge in [-0.15, -0.1) is 0 Å². The minimum atomic E-state index is -0.940. The molecule has 2 heterocycles. The number of carboxylic acids is 1. The Kier molecular flexibility index (Phi) is 6.71. The first-order valence-electron chi connectivity index (χ1n) is 8.53. The molecule has 0 aliphatic carbocycles. The summed E-state index contributed by atoms with van der Waals surface area (Å²) in [4.78, 5) is 25.3. The Hall–Kier alpha value is -1.50. The molecule has 6 nitrogen and oxygen atoms in total. The number of aromatic carboxylic acids is 1. The van der Waals surface area contributed by atoms with E-state index in [1.54, 1.807) is 18.7 Å². The minimum absolute atomic E-state index is 0.177. The van der Waals surface area contributed by atoms with Crippen molar-refractivity contribution in [2.45, 2.75) is 46.1 Å². The molecule has 1 amide bonds. The standard InChI is InChI=1S/C17H27N3O3S/c1-12(2)6-9-24-11-16(21)19-7-4-14(5-8-19)20-13(3)15(10-18-20)17(22)23/h10,12,14H,4-9,11H2,1-3H3,(H,22,23). The van der Waals surface area contributed by atoms with Crippen LogP contribution in [0.15, 0.2) is 6.20 Å². The third-order valence-corrected chi connectivity index (χ3v) is 5.48. The zero-order valence-electron chi connectivity index (χ0n) is 14.7. The molecule has 0 atom stereocenters. The molecule has 1 saturated heterocycles. The fourth-order valence-corrected chi connectivity index (χ4v) is 4.07. The van der Waals surface area contributed by atoms with E-state index in [1.807, 2.05) is 9.58 Å². The van der Waals surface area contributed by atoms with Crippen molar-refractivity contribution < 1.29 is 14.7 Å². The monoisotopic (exact) mass is 353 g/mol. The Bertz CT molecular complexity index is 578. The van der Waals surface area contributed by atoms with E-state index in [1.165, 1.54) is 6.20 Å².